The molecule has 2 amide bonds. The van der Waals surface area contributed by atoms with Crippen LogP contribution in [0, 0.1) is 0 Å². The van der Waals surface area contributed by atoms with Gasteiger partial charge in [-0.3, -0.25) is 9.48 Å². The normalized spacial score (nSPS) is 13.3. The van der Waals surface area contributed by atoms with E-state index in [4.69, 9.17) is 24.3 Å². The molecule has 3 aromatic carbocycles. The van der Waals surface area contributed by atoms with Gasteiger partial charge in [0.05, 0.1) is 23.3 Å². The quantitative estimate of drug-likeness (QED) is 0.186. The number of aryl methyl sites for hydroxylation is 1. The Morgan fingerprint density at radius 1 is 0.776 bits per heavy atom. The summed E-state index contributed by atoms with van der Waals surface area (Å²) in [6, 6.07) is 29.5. The molecule has 11 heteroatoms. The lowest BCUT2D eigenvalue weighted by Crippen LogP contribution is -2.52. The highest BCUT2D eigenvalue weighted by atomic mass is 16.6. The Hall–Kier alpha value is -5.58. The highest BCUT2D eigenvalue weighted by molar-refractivity contribution is 6.01. The van der Waals surface area contributed by atoms with Crippen molar-refractivity contribution in [1.29, 1.82) is 0 Å². The van der Waals surface area contributed by atoms with Crippen LogP contribution in [0.5, 0.6) is 11.8 Å². The monoisotopic (exact) mass is 662 g/mol. The second-order valence-electron chi connectivity index (χ2n) is 12.9. The third-order valence-electron chi connectivity index (χ3n) is 8.12. The number of pyridine rings is 1. The van der Waals surface area contributed by atoms with E-state index in [2.05, 4.69) is 5.32 Å². The number of hydrogen-bond donors (Lipinski definition) is 1. The number of para-hydroxylation sites is 1. The zero-order valence-electron chi connectivity index (χ0n) is 28.4. The number of hydrogen-bond acceptors (Lipinski definition) is 8. The van der Waals surface area contributed by atoms with Gasteiger partial charge >= 0.3 is 6.09 Å². The van der Waals surface area contributed by atoms with Gasteiger partial charge in [-0.25, -0.2) is 4.79 Å². The van der Waals surface area contributed by atoms with E-state index in [0.717, 1.165) is 33.3 Å². The van der Waals surface area contributed by atoms with Crippen molar-refractivity contribution in [2.75, 3.05) is 38.0 Å². The second kappa shape index (κ2) is 14.7. The summed E-state index contributed by atoms with van der Waals surface area (Å²) in [6.45, 7) is 8.10. The minimum atomic E-state index is -0.561. The molecule has 0 radical (unpaired) electrons. The zero-order valence-corrected chi connectivity index (χ0v) is 28.4. The summed E-state index contributed by atoms with van der Waals surface area (Å²) in [4.78, 5) is 33.8. The van der Waals surface area contributed by atoms with Gasteiger partial charge < -0.3 is 29.3 Å². The average Bonchev–Trinajstić information content (AvgIpc) is 3.45. The number of amides is 2. The number of benzene rings is 3. The summed E-state index contributed by atoms with van der Waals surface area (Å²) in [5, 5.41) is 9.12. The van der Waals surface area contributed by atoms with Crippen LogP contribution in [0.25, 0.3) is 22.2 Å². The van der Waals surface area contributed by atoms with Crippen LogP contribution in [0.2, 0.25) is 0 Å². The summed E-state index contributed by atoms with van der Waals surface area (Å²) in [5.41, 5.74) is 4.55. The largest absolute Gasteiger partial charge is 0.473 e. The van der Waals surface area contributed by atoms with Crippen molar-refractivity contribution in [1.82, 2.24) is 24.6 Å². The summed E-state index contributed by atoms with van der Waals surface area (Å²) >= 11 is 0. The van der Waals surface area contributed by atoms with Gasteiger partial charge in [0.15, 0.2) is 0 Å². The Morgan fingerprint density at radius 2 is 1.41 bits per heavy atom. The van der Waals surface area contributed by atoms with Gasteiger partial charge in [0.25, 0.3) is 0 Å². The first-order valence-electron chi connectivity index (χ1n) is 16.4. The second-order valence-corrected chi connectivity index (χ2v) is 12.9. The van der Waals surface area contributed by atoms with Crippen molar-refractivity contribution in [2.45, 2.75) is 39.6 Å². The molecule has 1 aliphatic heterocycles. The van der Waals surface area contributed by atoms with E-state index >= 15 is 0 Å². The van der Waals surface area contributed by atoms with Crippen molar-refractivity contribution >= 4 is 28.6 Å². The van der Waals surface area contributed by atoms with Crippen LogP contribution < -0.4 is 14.8 Å². The fraction of sp³-hybridized carbons (Fsp3) is 0.316. The van der Waals surface area contributed by atoms with Crippen molar-refractivity contribution in [2.24, 2.45) is 7.05 Å². The molecule has 1 N–H and O–H groups in total. The van der Waals surface area contributed by atoms with E-state index in [1.807, 2.05) is 119 Å². The molecule has 6 rings (SSSR count). The first-order valence-corrected chi connectivity index (χ1v) is 16.4. The molecule has 1 fully saturated rings. The van der Waals surface area contributed by atoms with Gasteiger partial charge in [-0.05, 0) is 44.0 Å². The van der Waals surface area contributed by atoms with E-state index in [9.17, 15) is 9.59 Å². The number of anilines is 1. The van der Waals surface area contributed by atoms with E-state index in [1.54, 1.807) is 14.5 Å². The van der Waals surface area contributed by atoms with E-state index in [1.165, 1.54) is 0 Å². The smallest absolute Gasteiger partial charge is 0.410 e. The summed E-state index contributed by atoms with van der Waals surface area (Å²) in [7, 11) is 1.88. The Kier molecular flexibility index (Phi) is 9.98. The number of nitrogens with one attached hydrogen (secondary N) is 1. The van der Waals surface area contributed by atoms with Gasteiger partial charge in [0.2, 0.25) is 17.7 Å². The Bertz CT molecular complexity index is 1900. The van der Waals surface area contributed by atoms with E-state index < -0.39 is 5.60 Å². The molecule has 1 saturated heterocycles. The molecule has 11 nitrogen and oxygen atoms in total. The third-order valence-corrected chi connectivity index (χ3v) is 8.12. The van der Waals surface area contributed by atoms with Crippen molar-refractivity contribution in [3.8, 4) is 23.0 Å². The molecule has 2 aromatic heterocycles. The molecule has 0 unspecified atom stereocenters. The molecule has 0 atom stereocenters. The highest BCUT2D eigenvalue weighted by Crippen LogP contribution is 2.37. The van der Waals surface area contributed by atoms with Crippen molar-refractivity contribution in [3.63, 3.8) is 0 Å². The molecule has 49 heavy (non-hydrogen) atoms. The molecule has 1 aliphatic rings. The van der Waals surface area contributed by atoms with Gasteiger partial charge in [0, 0.05) is 44.7 Å². The molecule has 0 aliphatic carbocycles. The number of carbonyl (C=O) groups excluding carboxylic acids is 2. The Balaban J connectivity index is 1.19. The van der Waals surface area contributed by atoms with Crippen LogP contribution in [0.3, 0.4) is 0 Å². The predicted octanol–water partition coefficient (Wildman–Crippen LogP) is 6.28. The SMILES string of the molecule is Cn1nc(-c2ccc(OCc3ccccc3)nc2OCc2ccccc2)c2cccc(NCC(=O)N3CCN(C(=O)OC(C)(C)C)CC3)c21. The van der Waals surface area contributed by atoms with Gasteiger partial charge in [0.1, 0.15) is 24.5 Å². The first-order chi connectivity index (χ1) is 23.6. The van der Waals surface area contributed by atoms with Crippen LogP contribution in [0.4, 0.5) is 10.5 Å². The number of aromatic nitrogens is 3. The number of carbonyl (C=O) groups is 2. The maximum Gasteiger partial charge on any atom is 0.410 e. The topological polar surface area (TPSA) is 111 Å². The molecule has 254 valence electrons. The van der Waals surface area contributed by atoms with Crippen molar-refractivity contribution < 1.29 is 23.8 Å². The van der Waals surface area contributed by atoms with E-state index in [0.29, 0.717) is 56.8 Å². The fourth-order valence-corrected chi connectivity index (χ4v) is 5.68. The average molecular weight is 663 g/mol. The minimum absolute atomic E-state index is 0.0462. The standard InChI is InChI=1S/C38H42N6O5/c1-38(2,3)49-37(46)44-22-20-43(21-23-44)33(45)24-39-31-17-11-16-29-34(41-42(4)35(29)31)30-18-19-32(47-25-27-12-7-5-8-13-27)40-36(30)48-26-28-14-9-6-10-15-28/h5-19,39H,20-26H2,1-4H3. The number of piperazine rings is 1. The molecule has 0 saturated carbocycles. The number of nitrogens with zero attached hydrogens (tertiary/aromatic N) is 5. The van der Waals surface area contributed by atoms with Crippen LogP contribution in [0.1, 0.15) is 31.9 Å². The first kappa shape index (κ1) is 33.3. The molecule has 0 spiro atoms. The van der Waals surface area contributed by atoms with Gasteiger partial charge in [-0.1, -0.05) is 72.8 Å². The molecule has 3 heterocycles. The molecular weight excluding hydrogens is 620 g/mol. The number of fused-ring (bicyclic) bond motifs is 1. The summed E-state index contributed by atoms with van der Waals surface area (Å²) in [5.74, 6) is 0.812. The maximum atomic E-state index is 13.2. The molecule has 0 bridgehead atoms. The zero-order chi connectivity index (χ0) is 34.4. The lowest BCUT2D eigenvalue weighted by molar-refractivity contribution is -0.131. The van der Waals surface area contributed by atoms with E-state index in [-0.39, 0.29) is 18.5 Å². The number of ether oxygens (including phenoxy) is 3. The third kappa shape index (κ3) is 8.29. The highest BCUT2D eigenvalue weighted by Gasteiger charge is 2.28. The lowest BCUT2D eigenvalue weighted by Gasteiger charge is -2.35. The minimum Gasteiger partial charge on any atom is -0.473 e. The summed E-state index contributed by atoms with van der Waals surface area (Å²) < 4.78 is 19.6. The fourth-order valence-electron chi connectivity index (χ4n) is 5.68. The predicted molar refractivity (Wildman–Crippen MR) is 188 cm³/mol. The Labute approximate surface area is 286 Å². The van der Waals surface area contributed by atoms with Gasteiger partial charge in [-0.2, -0.15) is 10.1 Å². The van der Waals surface area contributed by atoms with Crippen LogP contribution in [-0.2, 0) is 29.8 Å². The van der Waals surface area contributed by atoms with Crippen LogP contribution in [0.15, 0.2) is 91.0 Å². The van der Waals surface area contributed by atoms with Crippen LogP contribution in [-0.4, -0.2) is 74.9 Å². The lowest BCUT2D eigenvalue weighted by atomic mass is 10.1. The Morgan fingerprint density at radius 3 is 2.06 bits per heavy atom. The molecular formula is C38H42N6O5. The maximum absolute atomic E-state index is 13.2. The summed E-state index contributed by atoms with van der Waals surface area (Å²) in [6.07, 6.45) is -0.352. The van der Waals surface area contributed by atoms with Crippen molar-refractivity contribution in [3.05, 3.63) is 102 Å². The molecule has 5 aromatic rings. The van der Waals surface area contributed by atoms with Crippen LogP contribution >= 0.6 is 0 Å². The van der Waals surface area contributed by atoms with Gasteiger partial charge in [-0.15, -0.1) is 0 Å². The number of rotatable bonds is 10.